The molecule has 1 aromatic carbocycles. The Morgan fingerprint density at radius 1 is 1.38 bits per heavy atom. The Kier molecular flexibility index (Phi) is 8.71. The molecule has 5 nitrogen and oxygen atoms in total. The summed E-state index contributed by atoms with van der Waals surface area (Å²) in [6.45, 7) is 5.01. The Bertz CT molecular complexity index is 547. The van der Waals surface area contributed by atoms with Crippen molar-refractivity contribution >= 4 is 23.5 Å². The fourth-order valence-electron chi connectivity index (χ4n) is 2.24. The van der Waals surface area contributed by atoms with Gasteiger partial charge in [-0.3, -0.25) is 9.59 Å². The number of carbonyl (C=O) groups is 2. The normalized spacial score (nSPS) is 11.9. The fraction of sp³-hybridized carbons (Fsp3) is 0.529. The first-order chi connectivity index (χ1) is 11.4. The van der Waals surface area contributed by atoms with Crippen LogP contribution in [0.2, 0.25) is 5.02 Å². The third-order valence-corrected chi connectivity index (χ3v) is 3.80. The van der Waals surface area contributed by atoms with Crippen molar-refractivity contribution in [1.29, 1.82) is 0 Å². The lowest BCUT2D eigenvalue weighted by Crippen LogP contribution is -2.38. The van der Waals surface area contributed by atoms with Crippen molar-refractivity contribution < 1.29 is 23.5 Å². The van der Waals surface area contributed by atoms with Crippen LogP contribution < -0.4 is 0 Å². The second-order valence-electron chi connectivity index (χ2n) is 5.32. The van der Waals surface area contributed by atoms with Crippen LogP contribution in [0.4, 0.5) is 4.39 Å². The molecule has 0 saturated heterocycles. The molecule has 0 fully saturated rings. The van der Waals surface area contributed by atoms with Gasteiger partial charge in [-0.05, 0) is 25.5 Å². The molecule has 0 N–H and O–H groups in total. The van der Waals surface area contributed by atoms with Crippen LogP contribution in [0.25, 0.3) is 0 Å². The van der Waals surface area contributed by atoms with Crippen LogP contribution in [0.3, 0.4) is 0 Å². The Balaban J connectivity index is 2.93. The van der Waals surface area contributed by atoms with Crippen LogP contribution in [0.15, 0.2) is 18.2 Å². The smallest absolute Gasteiger partial charge is 0.310 e. The highest BCUT2D eigenvalue weighted by Crippen LogP contribution is 2.21. The molecule has 1 rings (SSSR count). The van der Waals surface area contributed by atoms with Gasteiger partial charge < -0.3 is 14.4 Å². The summed E-state index contributed by atoms with van der Waals surface area (Å²) in [7, 11) is 1.29. The van der Waals surface area contributed by atoms with E-state index in [1.807, 2.05) is 6.92 Å². The second-order valence-corrected chi connectivity index (χ2v) is 5.73. The number of carbonyl (C=O) groups excluding carboxylic acids is 2. The molecule has 0 aliphatic heterocycles. The molecule has 24 heavy (non-hydrogen) atoms. The van der Waals surface area contributed by atoms with E-state index in [1.54, 1.807) is 6.92 Å². The average molecular weight is 360 g/mol. The van der Waals surface area contributed by atoms with Gasteiger partial charge in [-0.1, -0.05) is 24.6 Å². The van der Waals surface area contributed by atoms with Gasteiger partial charge in [0, 0.05) is 26.3 Å². The monoisotopic (exact) mass is 359 g/mol. The van der Waals surface area contributed by atoms with Crippen LogP contribution in [-0.4, -0.2) is 50.2 Å². The van der Waals surface area contributed by atoms with Gasteiger partial charge in [0.15, 0.2) is 0 Å². The van der Waals surface area contributed by atoms with E-state index in [-0.39, 0.29) is 17.1 Å². The summed E-state index contributed by atoms with van der Waals surface area (Å²) >= 11 is 5.97. The van der Waals surface area contributed by atoms with Crippen LogP contribution in [-0.2, 0) is 14.3 Å². The van der Waals surface area contributed by atoms with Crippen molar-refractivity contribution in [2.24, 2.45) is 5.92 Å². The molecule has 1 aromatic rings. The maximum absolute atomic E-state index is 14.0. The van der Waals surface area contributed by atoms with Gasteiger partial charge in [0.2, 0.25) is 0 Å². The third kappa shape index (κ3) is 5.76. The van der Waals surface area contributed by atoms with Gasteiger partial charge in [-0.15, -0.1) is 0 Å². The second kappa shape index (κ2) is 10.3. The van der Waals surface area contributed by atoms with Crippen molar-refractivity contribution in [3.8, 4) is 0 Å². The maximum atomic E-state index is 14.0. The predicted molar refractivity (Wildman–Crippen MR) is 89.6 cm³/mol. The van der Waals surface area contributed by atoms with E-state index in [0.29, 0.717) is 26.2 Å². The first-order valence-corrected chi connectivity index (χ1v) is 8.19. The van der Waals surface area contributed by atoms with Crippen LogP contribution in [0, 0.1) is 11.7 Å². The third-order valence-electron chi connectivity index (χ3n) is 3.48. The summed E-state index contributed by atoms with van der Waals surface area (Å²) in [4.78, 5) is 25.7. The number of amides is 1. The first kappa shape index (κ1) is 20.4. The summed E-state index contributed by atoms with van der Waals surface area (Å²) in [5.74, 6) is -2.20. The van der Waals surface area contributed by atoms with Crippen molar-refractivity contribution in [3.63, 3.8) is 0 Å². The molecule has 134 valence electrons. The van der Waals surface area contributed by atoms with Crippen molar-refractivity contribution in [2.75, 3.05) is 33.4 Å². The maximum Gasteiger partial charge on any atom is 0.310 e. The van der Waals surface area contributed by atoms with Gasteiger partial charge in [0.05, 0.1) is 23.6 Å². The molecule has 7 heteroatoms. The topological polar surface area (TPSA) is 55.8 Å². The summed E-state index contributed by atoms with van der Waals surface area (Å²) in [5, 5.41) is 0.0422. The minimum atomic E-state index is -0.687. The molecular formula is C17H23ClFNO4. The largest absolute Gasteiger partial charge is 0.469 e. The lowest BCUT2D eigenvalue weighted by Gasteiger charge is -2.25. The zero-order valence-electron chi connectivity index (χ0n) is 14.2. The van der Waals surface area contributed by atoms with E-state index in [1.165, 1.54) is 30.2 Å². The number of ether oxygens (including phenoxy) is 2. The lowest BCUT2D eigenvalue weighted by molar-refractivity contribution is -0.145. The molecule has 1 amide bonds. The number of nitrogens with zero attached hydrogens (tertiary/aromatic N) is 1. The SMILES string of the molecule is CCOCCCN(CC(C)C(=O)OC)C(=O)c1c(F)cccc1Cl. The molecule has 0 radical (unpaired) electrons. The zero-order chi connectivity index (χ0) is 18.1. The number of halogens is 2. The lowest BCUT2D eigenvalue weighted by atomic mass is 10.1. The van der Waals surface area contributed by atoms with Crippen LogP contribution >= 0.6 is 11.6 Å². The molecule has 0 aromatic heterocycles. The minimum Gasteiger partial charge on any atom is -0.469 e. The van der Waals surface area contributed by atoms with E-state index in [0.717, 1.165) is 0 Å². The van der Waals surface area contributed by atoms with Crippen molar-refractivity contribution in [1.82, 2.24) is 4.90 Å². The Labute approximate surface area is 146 Å². The van der Waals surface area contributed by atoms with Crippen molar-refractivity contribution in [3.05, 3.63) is 34.6 Å². The quantitative estimate of drug-likeness (QED) is 0.502. The molecule has 0 heterocycles. The summed E-state index contributed by atoms with van der Waals surface area (Å²) in [5.41, 5.74) is -0.187. The number of rotatable bonds is 9. The van der Waals surface area contributed by atoms with E-state index in [4.69, 9.17) is 16.3 Å². The minimum absolute atomic E-state index is 0.0422. The number of esters is 1. The zero-order valence-corrected chi connectivity index (χ0v) is 14.9. The van der Waals surface area contributed by atoms with E-state index in [9.17, 15) is 14.0 Å². The van der Waals surface area contributed by atoms with E-state index >= 15 is 0 Å². The fourth-order valence-corrected chi connectivity index (χ4v) is 2.49. The van der Waals surface area contributed by atoms with Crippen LogP contribution in [0.5, 0.6) is 0 Å². The molecule has 0 bridgehead atoms. The van der Waals surface area contributed by atoms with Gasteiger partial charge in [0.1, 0.15) is 5.82 Å². The van der Waals surface area contributed by atoms with Crippen molar-refractivity contribution in [2.45, 2.75) is 20.3 Å². The molecular weight excluding hydrogens is 337 g/mol. The van der Waals surface area contributed by atoms with E-state index in [2.05, 4.69) is 4.74 Å². The number of benzene rings is 1. The first-order valence-electron chi connectivity index (χ1n) is 7.81. The Morgan fingerprint density at radius 3 is 2.67 bits per heavy atom. The average Bonchev–Trinajstić information content (AvgIpc) is 2.56. The molecule has 0 spiro atoms. The standard InChI is InChI=1S/C17H23ClFNO4/c1-4-24-10-6-9-20(11-12(2)17(22)23-3)16(21)15-13(18)7-5-8-14(15)19/h5,7-8,12H,4,6,9-11H2,1-3H3. The summed E-state index contributed by atoms with van der Waals surface area (Å²) < 4.78 is 24.0. The van der Waals surface area contributed by atoms with E-state index < -0.39 is 23.6 Å². The molecule has 0 saturated carbocycles. The van der Waals surface area contributed by atoms with Crippen LogP contribution in [0.1, 0.15) is 30.6 Å². The van der Waals surface area contributed by atoms with Gasteiger partial charge in [0.25, 0.3) is 5.91 Å². The highest BCUT2D eigenvalue weighted by Gasteiger charge is 2.25. The van der Waals surface area contributed by atoms with Gasteiger partial charge in [-0.25, -0.2) is 4.39 Å². The predicted octanol–water partition coefficient (Wildman–Crippen LogP) is 3.16. The highest BCUT2D eigenvalue weighted by atomic mass is 35.5. The summed E-state index contributed by atoms with van der Waals surface area (Å²) in [6.07, 6.45) is 0.569. The molecule has 1 unspecified atom stereocenters. The summed E-state index contributed by atoms with van der Waals surface area (Å²) in [6, 6.07) is 4.08. The van der Waals surface area contributed by atoms with Gasteiger partial charge >= 0.3 is 5.97 Å². The highest BCUT2D eigenvalue weighted by molar-refractivity contribution is 6.33. The molecule has 0 aliphatic carbocycles. The number of hydrogen-bond donors (Lipinski definition) is 0. The van der Waals surface area contributed by atoms with Gasteiger partial charge in [-0.2, -0.15) is 0 Å². The Morgan fingerprint density at radius 2 is 2.08 bits per heavy atom. The molecule has 1 atom stereocenters. The molecule has 0 aliphatic rings. The Hall–Kier alpha value is -1.66. The number of hydrogen-bond acceptors (Lipinski definition) is 4. The number of methoxy groups -OCH3 is 1.